The predicted molar refractivity (Wildman–Crippen MR) is 185 cm³/mol. The molecule has 0 unspecified atom stereocenters. The number of hydrogen-bond donors (Lipinski definition) is 1. The van der Waals surface area contributed by atoms with E-state index in [-0.39, 0.29) is 29.8 Å². The first-order chi connectivity index (χ1) is 22.0. The first kappa shape index (κ1) is 34.7. The van der Waals surface area contributed by atoms with Crippen molar-refractivity contribution in [2.75, 3.05) is 18.0 Å². The molecule has 4 aromatic rings. The molecular formula is C36H40BrN3O5S. The maximum Gasteiger partial charge on any atom is 0.264 e. The number of sulfonamides is 1. The predicted octanol–water partition coefficient (Wildman–Crippen LogP) is 6.52. The summed E-state index contributed by atoms with van der Waals surface area (Å²) in [5, 5.41) is 3.05. The number of nitrogens with one attached hydrogen (secondary N) is 1. The fourth-order valence-electron chi connectivity index (χ4n) is 4.90. The molecule has 0 radical (unpaired) electrons. The van der Waals surface area contributed by atoms with Crippen molar-refractivity contribution in [3.8, 4) is 5.75 Å². The first-order valence-electron chi connectivity index (χ1n) is 15.1. The van der Waals surface area contributed by atoms with Crippen LogP contribution >= 0.6 is 15.9 Å². The number of amides is 2. The van der Waals surface area contributed by atoms with Gasteiger partial charge in [-0.2, -0.15) is 0 Å². The van der Waals surface area contributed by atoms with Crippen molar-refractivity contribution in [1.29, 1.82) is 0 Å². The summed E-state index contributed by atoms with van der Waals surface area (Å²) >= 11 is 3.46. The lowest BCUT2D eigenvalue weighted by Gasteiger charge is -2.34. The van der Waals surface area contributed by atoms with Crippen LogP contribution in [0.3, 0.4) is 0 Å². The Morgan fingerprint density at radius 1 is 0.870 bits per heavy atom. The molecule has 242 valence electrons. The second-order valence-corrected chi connectivity index (χ2v) is 14.0. The van der Waals surface area contributed by atoms with Crippen molar-refractivity contribution in [2.45, 2.75) is 57.1 Å². The quantitative estimate of drug-likeness (QED) is 0.161. The van der Waals surface area contributed by atoms with Crippen LogP contribution in [0.5, 0.6) is 5.75 Å². The average Bonchev–Trinajstić information content (AvgIpc) is 3.06. The topological polar surface area (TPSA) is 96.0 Å². The van der Waals surface area contributed by atoms with Crippen molar-refractivity contribution in [3.63, 3.8) is 0 Å². The molecule has 1 N–H and O–H groups in total. The molecule has 0 heterocycles. The highest BCUT2D eigenvalue weighted by Gasteiger charge is 2.35. The van der Waals surface area contributed by atoms with Gasteiger partial charge in [-0.25, -0.2) is 8.42 Å². The SMILES string of the molecule is CC[C@@H](C)NC(=O)[C@H](Cc1ccccc1)N(Cc1ccc(Br)cc1)C(=O)CN(c1ccc(OC)cc1)S(=O)(=O)c1ccc(C)cc1. The van der Waals surface area contributed by atoms with Crippen molar-refractivity contribution in [2.24, 2.45) is 0 Å². The summed E-state index contributed by atoms with van der Waals surface area (Å²) in [5.41, 5.74) is 2.87. The lowest BCUT2D eigenvalue weighted by atomic mass is 10.0. The zero-order valence-electron chi connectivity index (χ0n) is 26.5. The van der Waals surface area contributed by atoms with Gasteiger partial charge in [0.2, 0.25) is 11.8 Å². The number of anilines is 1. The summed E-state index contributed by atoms with van der Waals surface area (Å²) < 4.78 is 35.6. The van der Waals surface area contributed by atoms with E-state index in [1.54, 1.807) is 36.4 Å². The Morgan fingerprint density at radius 3 is 2.09 bits per heavy atom. The van der Waals surface area contributed by atoms with Gasteiger partial charge in [0.25, 0.3) is 10.0 Å². The number of halogens is 1. The number of aryl methyl sites for hydroxylation is 1. The van der Waals surface area contributed by atoms with Crippen LogP contribution in [0.4, 0.5) is 5.69 Å². The minimum Gasteiger partial charge on any atom is -0.497 e. The van der Waals surface area contributed by atoms with Gasteiger partial charge in [0.05, 0.1) is 17.7 Å². The Kier molecular flexibility index (Phi) is 12.0. The molecule has 2 atom stereocenters. The highest BCUT2D eigenvalue weighted by Crippen LogP contribution is 2.27. The summed E-state index contributed by atoms with van der Waals surface area (Å²) in [4.78, 5) is 30.0. The van der Waals surface area contributed by atoms with Crippen LogP contribution in [-0.4, -0.2) is 50.9 Å². The Hall–Kier alpha value is -4.15. The van der Waals surface area contributed by atoms with Gasteiger partial charge in [0.1, 0.15) is 18.3 Å². The minimum absolute atomic E-state index is 0.0523. The smallest absolute Gasteiger partial charge is 0.264 e. The van der Waals surface area contributed by atoms with Crippen LogP contribution in [-0.2, 0) is 32.6 Å². The van der Waals surface area contributed by atoms with E-state index in [1.807, 2.05) is 75.4 Å². The molecule has 0 aliphatic heterocycles. The normalized spacial score (nSPS) is 12.5. The maximum absolute atomic E-state index is 14.6. The van der Waals surface area contributed by atoms with E-state index in [9.17, 15) is 18.0 Å². The summed E-state index contributed by atoms with van der Waals surface area (Å²) in [6, 6.07) is 29.0. The van der Waals surface area contributed by atoms with E-state index < -0.39 is 28.5 Å². The summed E-state index contributed by atoms with van der Waals surface area (Å²) in [5.74, 6) is -0.278. The molecule has 0 aliphatic rings. The van der Waals surface area contributed by atoms with Gasteiger partial charge in [-0.15, -0.1) is 0 Å². The third-order valence-corrected chi connectivity index (χ3v) is 10.1. The van der Waals surface area contributed by atoms with Gasteiger partial charge >= 0.3 is 0 Å². The highest BCUT2D eigenvalue weighted by atomic mass is 79.9. The molecule has 4 aromatic carbocycles. The van der Waals surface area contributed by atoms with Crippen molar-refractivity contribution < 1.29 is 22.7 Å². The highest BCUT2D eigenvalue weighted by molar-refractivity contribution is 9.10. The molecule has 0 aromatic heterocycles. The Bertz CT molecular complexity index is 1700. The monoisotopic (exact) mass is 705 g/mol. The van der Waals surface area contributed by atoms with Crippen LogP contribution in [0.1, 0.15) is 37.0 Å². The molecule has 8 nitrogen and oxygen atoms in total. The molecule has 0 saturated carbocycles. The number of methoxy groups -OCH3 is 1. The minimum atomic E-state index is -4.19. The van der Waals surface area contributed by atoms with Crippen LogP contribution in [0.25, 0.3) is 0 Å². The van der Waals surface area contributed by atoms with E-state index >= 15 is 0 Å². The number of carbonyl (C=O) groups is 2. The Balaban J connectivity index is 1.80. The van der Waals surface area contributed by atoms with Crippen molar-refractivity contribution >= 4 is 43.5 Å². The maximum atomic E-state index is 14.6. The number of rotatable bonds is 14. The number of ether oxygens (including phenoxy) is 1. The summed E-state index contributed by atoms with van der Waals surface area (Å²) in [6.45, 7) is 5.33. The number of nitrogens with zero attached hydrogens (tertiary/aromatic N) is 2. The lowest BCUT2D eigenvalue weighted by Crippen LogP contribution is -2.54. The molecule has 2 amide bonds. The van der Waals surface area contributed by atoms with E-state index in [0.717, 1.165) is 25.5 Å². The first-order valence-corrected chi connectivity index (χ1v) is 17.4. The second kappa shape index (κ2) is 15.9. The zero-order chi connectivity index (χ0) is 33.3. The second-order valence-electron chi connectivity index (χ2n) is 11.2. The number of carbonyl (C=O) groups excluding carboxylic acids is 2. The van der Waals surface area contributed by atoms with E-state index in [0.29, 0.717) is 17.9 Å². The summed E-state index contributed by atoms with van der Waals surface area (Å²) in [7, 11) is -2.66. The van der Waals surface area contributed by atoms with Crippen LogP contribution in [0.2, 0.25) is 0 Å². The molecule has 0 spiro atoms. The van der Waals surface area contributed by atoms with Gasteiger partial charge in [-0.1, -0.05) is 83.0 Å². The van der Waals surface area contributed by atoms with Gasteiger partial charge < -0.3 is 15.0 Å². The Morgan fingerprint density at radius 2 is 1.50 bits per heavy atom. The molecule has 4 rings (SSSR count). The van der Waals surface area contributed by atoms with Crippen LogP contribution in [0, 0.1) is 6.92 Å². The van der Waals surface area contributed by atoms with Crippen molar-refractivity contribution in [3.05, 3.63) is 124 Å². The Labute approximate surface area is 280 Å². The molecule has 0 saturated heterocycles. The fourth-order valence-corrected chi connectivity index (χ4v) is 6.57. The molecular weight excluding hydrogens is 666 g/mol. The fraction of sp³-hybridized carbons (Fsp3) is 0.278. The average molecular weight is 707 g/mol. The van der Waals surface area contributed by atoms with Gasteiger partial charge in [-0.05, 0) is 79.9 Å². The van der Waals surface area contributed by atoms with E-state index in [4.69, 9.17) is 4.74 Å². The number of benzene rings is 4. The van der Waals surface area contributed by atoms with Gasteiger partial charge in [-0.3, -0.25) is 13.9 Å². The molecule has 10 heteroatoms. The third-order valence-electron chi connectivity index (χ3n) is 7.79. The standard InChI is InChI=1S/C36H40BrN3O5S/c1-5-27(3)38-36(42)34(23-28-9-7-6-8-10-28)39(24-29-13-15-30(37)16-14-29)35(41)25-40(31-17-19-32(45-4)20-18-31)46(43,44)33-21-11-26(2)12-22-33/h6-22,27,34H,5,23-25H2,1-4H3,(H,38,42)/t27-,34+/m1/s1. The van der Waals surface area contributed by atoms with Crippen LogP contribution < -0.4 is 14.4 Å². The largest absolute Gasteiger partial charge is 0.497 e. The lowest BCUT2D eigenvalue weighted by molar-refractivity contribution is -0.140. The van der Waals surface area contributed by atoms with Crippen molar-refractivity contribution in [1.82, 2.24) is 10.2 Å². The van der Waals surface area contributed by atoms with Gasteiger partial charge in [0, 0.05) is 23.5 Å². The third kappa shape index (κ3) is 8.98. The molecule has 0 aliphatic carbocycles. The van der Waals surface area contributed by atoms with Gasteiger partial charge in [0.15, 0.2) is 0 Å². The molecule has 0 bridgehead atoms. The summed E-state index contributed by atoms with van der Waals surface area (Å²) in [6.07, 6.45) is 0.961. The van der Waals surface area contributed by atoms with Crippen LogP contribution in [0.15, 0.2) is 112 Å². The number of hydrogen-bond acceptors (Lipinski definition) is 5. The molecule has 46 heavy (non-hydrogen) atoms. The van der Waals surface area contributed by atoms with E-state index in [2.05, 4.69) is 21.2 Å². The molecule has 0 fully saturated rings. The zero-order valence-corrected chi connectivity index (χ0v) is 28.9. The van der Waals surface area contributed by atoms with E-state index in [1.165, 1.54) is 24.1 Å².